The van der Waals surface area contributed by atoms with E-state index in [0.717, 1.165) is 17.5 Å². The predicted molar refractivity (Wildman–Crippen MR) is 82.1 cm³/mol. The SMILES string of the molecule is Cc1ccccc1[C@H]1Cc2c(C)cc(C)c(O)c2[C@H]1N. The van der Waals surface area contributed by atoms with Crippen LogP contribution in [0, 0.1) is 20.8 Å². The lowest BCUT2D eigenvalue weighted by atomic mass is 9.89. The van der Waals surface area contributed by atoms with Crippen LogP contribution >= 0.6 is 0 Å². The lowest BCUT2D eigenvalue weighted by molar-refractivity contribution is 0.455. The standard InChI is InChI=1S/C18H21NO/c1-10-6-4-5-7-13(10)15-9-14-11(2)8-12(3)18(20)16(14)17(15)19/h4-8,15,17,20H,9,19H2,1-3H3/t15-,17+/m1/s1. The maximum Gasteiger partial charge on any atom is 0.123 e. The van der Waals surface area contributed by atoms with Gasteiger partial charge in [0.2, 0.25) is 0 Å². The molecule has 0 amide bonds. The van der Waals surface area contributed by atoms with Crippen LogP contribution in [0.5, 0.6) is 5.75 Å². The molecule has 3 rings (SSSR count). The first-order chi connectivity index (χ1) is 9.50. The monoisotopic (exact) mass is 267 g/mol. The van der Waals surface area contributed by atoms with E-state index in [4.69, 9.17) is 5.73 Å². The van der Waals surface area contributed by atoms with Gasteiger partial charge >= 0.3 is 0 Å². The van der Waals surface area contributed by atoms with Crippen LogP contribution in [0.2, 0.25) is 0 Å². The second-order valence-corrected chi connectivity index (χ2v) is 5.94. The molecule has 2 aromatic rings. The summed E-state index contributed by atoms with van der Waals surface area (Å²) in [5.74, 6) is 0.645. The van der Waals surface area contributed by atoms with Crippen LogP contribution in [0.3, 0.4) is 0 Å². The van der Waals surface area contributed by atoms with Crippen LogP contribution in [0.1, 0.15) is 45.3 Å². The lowest BCUT2D eigenvalue weighted by Crippen LogP contribution is -2.16. The van der Waals surface area contributed by atoms with Gasteiger partial charge in [-0.1, -0.05) is 30.3 Å². The topological polar surface area (TPSA) is 46.2 Å². The molecule has 0 bridgehead atoms. The number of phenolic OH excluding ortho intramolecular Hbond substituents is 1. The Bertz CT molecular complexity index is 675. The normalized spacial score (nSPS) is 21.0. The quantitative estimate of drug-likeness (QED) is 0.828. The van der Waals surface area contributed by atoms with Crippen LogP contribution in [-0.4, -0.2) is 5.11 Å². The maximum absolute atomic E-state index is 10.4. The predicted octanol–water partition coefficient (Wildman–Crippen LogP) is 3.66. The van der Waals surface area contributed by atoms with E-state index in [1.54, 1.807) is 0 Å². The van der Waals surface area contributed by atoms with E-state index in [2.05, 4.69) is 44.2 Å². The Hall–Kier alpha value is -1.80. The van der Waals surface area contributed by atoms with Crippen molar-refractivity contribution in [1.29, 1.82) is 0 Å². The van der Waals surface area contributed by atoms with Gasteiger partial charge in [0, 0.05) is 17.5 Å². The van der Waals surface area contributed by atoms with Gasteiger partial charge < -0.3 is 10.8 Å². The molecule has 104 valence electrons. The Morgan fingerprint density at radius 2 is 1.75 bits per heavy atom. The Morgan fingerprint density at radius 3 is 2.45 bits per heavy atom. The van der Waals surface area contributed by atoms with Gasteiger partial charge in [-0.3, -0.25) is 0 Å². The first-order valence-corrected chi connectivity index (χ1v) is 7.13. The Balaban J connectivity index is 2.12. The fourth-order valence-corrected chi connectivity index (χ4v) is 3.53. The summed E-state index contributed by atoms with van der Waals surface area (Å²) in [6.07, 6.45) is 0.918. The molecule has 2 nitrogen and oxygen atoms in total. The number of aromatic hydroxyl groups is 1. The molecule has 0 aliphatic heterocycles. The van der Waals surface area contributed by atoms with Crippen molar-refractivity contribution in [3.05, 3.63) is 63.7 Å². The molecule has 0 spiro atoms. The summed E-state index contributed by atoms with van der Waals surface area (Å²) in [5, 5.41) is 10.4. The van der Waals surface area contributed by atoms with Gasteiger partial charge in [-0.05, 0) is 55.0 Å². The minimum atomic E-state index is -0.121. The number of rotatable bonds is 1. The number of hydrogen-bond donors (Lipinski definition) is 2. The highest BCUT2D eigenvalue weighted by Crippen LogP contribution is 2.47. The number of nitrogens with two attached hydrogens (primary N) is 1. The molecule has 0 saturated carbocycles. The summed E-state index contributed by atoms with van der Waals surface area (Å²) >= 11 is 0. The summed E-state index contributed by atoms with van der Waals surface area (Å²) in [5.41, 5.74) is 13.4. The minimum absolute atomic E-state index is 0.121. The summed E-state index contributed by atoms with van der Waals surface area (Å²) in [6, 6.07) is 10.3. The van der Waals surface area contributed by atoms with E-state index in [9.17, 15) is 5.11 Å². The third-order valence-corrected chi connectivity index (χ3v) is 4.64. The number of hydrogen-bond acceptors (Lipinski definition) is 2. The average molecular weight is 267 g/mol. The molecule has 0 heterocycles. The Labute approximate surface area is 120 Å². The number of aryl methyl sites for hydroxylation is 3. The smallest absolute Gasteiger partial charge is 0.123 e. The van der Waals surface area contributed by atoms with Gasteiger partial charge in [-0.15, -0.1) is 0 Å². The van der Waals surface area contributed by atoms with E-state index >= 15 is 0 Å². The molecule has 20 heavy (non-hydrogen) atoms. The fraction of sp³-hybridized carbons (Fsp3) is 0.333. The van der Waals surface area contributed by atoms with Crippen molar-refractivity contribution in [2.75, 3.05) is 0 Å². The zero-order chi connectivity index (χ0) is 14.4. The Kier molecular flexibility index (Phi) is 3.06. The van der Waals surface area contributed by atoms with Gasteiger partial charge in [0.05, 0.1) is 0 Å². The molecular formula is C18H21NO. The summed E-state index contributed by atoms with van der Waals surface area (Å²) in [6.45, 7) is 6.18. The van der Waals surface area contributed by atoms with Crippen molar-refractivity contribution in [3.8, 4) is 5.75 Å². The van der Waals surface area contributed by atoms with Crippen LogP contribution < -0.4 is 5.73 Å². The van der Waals surface area contributed by atoms with Crippen LogP contribution in [0.4, 0.5) is 0 Å². The average Bonchev–Trinajstić information content (AvgIpc) is 2.75. The van der Waals surface area contributed by atoms with E-state index in [0.29, 0.717) is 5.75 Å². The summed E-state index contributed by atoms with van der Waals surface area (Å²) in [7, 11) is 0. The third-order valence-electron chi connectivity index (χ3n) is 4.64. The van der Waals surface area contributed by atoms with Crippen molar-refractivity contribution in [2.45, 2.75) is 39.2 Å². The summed E-state index contributed by atoms with van der Waals surface area (Å²) < 4.78 is 0. The molecule has 1 aliphatic rings. The van der Waals surface area contributed by atoms with Gasteiger partial charge in [0.15, 0.2) is 0 Å². The number of fused-ring (bicyclic) bond motifs is 1. The second kappa shape index (κ2) is 4.64. The molecule has 0 unspecified atom stereocenters. The van der Waals surface area contributed by atoms with Gasteiger partial charge in [-0.2, -0.15) is 0 Å². The van der Waals surface area contributed by atoms with Crippen molar-refractivity contribution in [1.82, 2.24) is 0 Å². The maximum atomic E-state index is 10.4. The number of phenols is 1. The zero-order valence-corrected chi connectivity index (χ0v) is 12.3. The van der Waals surface area contributed by atoms with E-state index in [1.807, 2.05) is 6.92 Å². The third kappa shape index (κ3) is 1.83. The highest BCUT2D eigenvalue weighted by molar-refractivity contribution is 5.56. The van der Waals surface area contributed by atoms with Gasteiger partial charge in [0.1, 0.15) is 5.75 Å². The zero-order valence-electron chi connectivity index (χ0n) is 12.3. The molecule has 1 aliphatic carbocycles. The highest BCUT2D eigenvalue weighted by atomic mass is 16.3. The number of benzene rings is 2. The lowest BCUT2D eigenvalue weighted by Gasteiger charge is -2.19. The van der Waals surface area contributed by atoms with Gasteiger partial charge in [0.25, 0.3) is 0 Å². The highest BCUT2D eigenvalue weighted by Gasteiger charge is 2.35. The van der Waals surface area contributed by atoms with Crippen LogP contribution in [0.15, 0.2) is 30.3 Å². The summed E-state index contributed by atoms with van der Waals surface area (Å²) in [4.78, 5) is 0. The minimum Gasteiger partial charge on any atom is -0.507 e. The van der Waals surface area contributed by atoms with E-state index < -0.39 is 0 Å². The Morgan fingerprint density at radius 1 is 1.05 bits per heavy atom. The first kappa shape index (κ1) is 13.2. The van der Waals surface area contributed by atoms with Crippen molar-refractivity contribution < 1.29 is 5.11 Å². The molecule has 3 N–H and O–H groups in total. The molecule has 2 atom stereocenters. The van der Waals surface area contributed by atoms with Crippen molar-refractivity contribution in [2.24, 2.45) is 5.73 Å². The molecule has 2 heteroatoms. The fourth-order valence-electron chi connectivity index (χ4n) is 3.53. The molecule has 2 aromatic carbocycles. The van der Waals surface area contributed by atoms with Crippen LogP contribution in [0.25, 0.3) is 0 Å². The van der Waals surface area contributed by atoms with E-state index in [1.165, 1.54) is 22.3 Å². The van der Waals surface area contributed by atoms with E-state index in [-0.39, 0.29) is 12.0 Å². The van der Waals surface area contributed by atoms with Gasteiger partial charge in [-0.25, -0.2) is 0 Å². The molecular weight excluding hydrogens is 246 g/mol. The molecule has 0 aromatic heterocycles. The van der Waals surface area contributed by atoms with Crippen molar-refractivity contribution in [3.63, 3.8) is 0 Å². The first-order valence-electron chi connectivity index (χ1n) is 7.13. The van der Waals surface area contributed by atoms with Crippen LogP contribution in [-0.2, 0) is 6.42 Å². The van der Waals surface area contributed by atoms with Crippen molar-refractivity contribution >= 4 is 0 Å². The largest absolute Gasteiger partial charge is 0.507 e. The molecule has 0 saturated heterocycles. The second-order valence-electron chi connectivity index (χ2n) is 5.94. The molecule has 0 fully saturated rings. The molecule has 0 radical (unpaired) electrons.